The lowest BCUT2D eigenvalue weighted by atomic mass is 10.0. The number of carbonyl (C=O) groups is 1. The smallest absolute Gasteiger partial charge is 0.220 e. The van der Waals surface area contributed by atoms with Gasteiger partial charge in [0, 0.05) is 25.6 Å². The lowest BCUT2D eigenvalue weighted by Crippen LogP contribution is -2.47. The first-order valence-corrected chi connectivity index (χ1v) is 9.71. The standard InChI is InChI=1S/C22H27FN2O3/c1-27-21-8-3-2-7-20(21)25-14-4-6-18(16-25)24-22(26)9-5-15-28-19-12-10-17(23)11-13-19/h2-3,7-8,10-13,18H,4-6,9,14-16H2,1H3,(H,24,26). The zero-order chi connectivity index (χ0) is 19.8. The molecular formula is C22H27FN2O3. The maximum Gasteiger partial charge on any atom is 0.220 e. The fourth-order valence-corrected chi connectivity index (χ4v) is 3.46. The maximum atomic E-state index is 12.9. The molecule has 1 fully saturated rings. The van der Waals surface area contributed by atoms with Crippen LogP contribution in [0.2, 0.25) is 0 Å². The van der Waals surface area contributed by atoms with Gasteiger partial charge in [-0.3, -0.25) is 4.79 Å². The molecule has 3 rings (SSSR count). The van der Waals surface area contributed by atoms with Gasteiger partial charge in [0.1, 0.15) is 17.3 Å². The van der Waals surface area contributed by atoms with Crippen LogP contribution in [-0.2, 0) is 4.79 Å². The Morgan fingerprint density at radius 2 is 2.00 bits per heavy atom. The molecule has 1 N–H and O–H groups in total. The van der Waals surface area contributed by atoms with Crippen molar-refractivity contribution in [3.63, 3.8) is 0 Å². The van der Waals surface area contributed by atoms with E-state index in [1.165, 1.54) is 12.1 Å². The summed E-state index contributed by atoms with van der Waals surface area (Å²) >= 11 is 0. The van der Waals surface area contributed by atoms with Crippen LogP contribution in [0.1, 0.15) is 25.7 Å². The molecule has 0 aliphatic carbocycles. The predicted octanol–water partition coefficient (Wildman–Crippen LogP) is 3.78. The minimum atomic E-state index is -0.290. The molecule has 1 amide bonds. The van der Waals surface area contributed by atoms with Gasteiger partial charge in [0.2, 0.25) is 5.91 Å². The normalized spacial score (nSPS) is 16.5. The van der Waals surface area contributed by atoms with Crippen LogP contribution in [0.15, 0.2) is 48.5 Å². The molecule has 1 aliphatic rings. The number of rotatable bonds is 8. The van der Waals surface area contributed by atoms with Crippen molar-refractivity contribution in [2.75, 3.05) is 31.7 Å². The van der Waals surface area contributed by atoms with Gasteiger partial charge in [0.15, 0.2) is 0 Å². The molecule has 2 aromatic carbocycles. The Morgan fingerprint density at radius 3 is 2.79 bits per heavy atom. The van der Waals surface area contributed by atoms with E-state index in [0.717, 1.165) is 37.4 Å². The van der Waals surface area contributed by atoms with Crippen molar-refractivity contribution in [1.82, 2.24) is 5.32 Å². The molecule has 6 heteroatoms. The Balaban J connectivity index is 1.41. The lowest BCUT2D eigenvalue weighted by molar-refractivity contribution is -0.122. The number of nitrogens with zero attached hydrogens (tertiary/aromatic N) is 1. The number of nitrogens with one attached hydrogen (secondary N) is 1. The Bertz CT molecular complexity index is 767. The Labute approximate surface area is 165 Å². The third-order valence-electron chi connectivity index (χ3n) is 4.84. The topological polar surface area (TPSA) is 50.8 Å². The van der Waals surface area contributed by atoms with E-state index in [1.54, 1.807) is 19.2 Å². The second-order valence-corrected chi connectivity index (χ2v) is 6.93. The number of para-hydroxylation sites is 2. The zero-order valence-corrected chi connectivity index (χ0v) is 16.2. The van der Waals surface area contributed by atoms with E-state index < -0.39 is 0 Å². The van der Waals surface area contributed by atoms with Gasteiger partial charge in [0.05, 0.1) is 19.4 Å². The van der Waals surface area contributed by atoms with E-state index in [9.17, 15) is 9.18 Å². The number of piperidine rings is 1. The second kappa shape index (κ2) is 9.97. The summed E-state index contributed by atoms with van der Waals surface area (Å²) in [6.45, 7) is 2.16. The van der Waals surface area contributed by atoms with E-state index in [0.29, 0.717) is 25.2 Å². The summed E-state index contributed by atoms with van der Waals surface area (Å²) in [4.78, 5) is 14.5. The van der Waals surface area contributed by atoms with Crippen LogP contribution >= 0.6 is 0 Å². The van der Waals surface area contributed by atoms with Crippen molar-refractivity contribution in [2.24, 2.45) is 0 Å². The number of hydrogen-bond donors (Lipinski definition) is 1. The van der Waals surface area contributed by atoms with Crippen LogP contribution in [0.25, 0.3) is 0 Å². The molecule has 0 bridgehead atoms. The molecule has 150 valence electrons. The van der Waals surface area contributed by atoms with Crippen molar-refractivity contribution in [2.45, 2.75) is 31.7 Å². The number of anilines is 1. The van der Waals surface area contributed by atoms with Gasteiger partial charge in [-0.25, -0.2) is 4.39 Å². The van der Waals surface area contributed by atoms with Crippen molar-refractivity contribution < 1.29 is 18.7 Å². The Kier molecular flexibility index (Phi) is 7.12. The summed E-state index contributed by atoms with van der Waals surface area (Å²) < 4.78 is 23.9. The molecule has 0 radical (unpaired) electrons. The van der Waals surface area contributed by atoms with Crippen LogP contribution in [-0.4, -0.2) is 38.8 Å². The molecule has 2 aromatic rings. The van der Waals surface area contributed by atoms with Crippen molar-refractivity contribution >= 4 is 11.6 Å². The highest BCUT2D eigenvalue weighted by Crippen LogP contribution is 2.29. The van der Waals surface area contributed by atoms with Crippen molar-refractivity contribution in [3.05, 3.63) is 54.3 Å². The number of carbonyl (C=O) groups excluding carboxylic acids is 1. The highest BCUT2D eigenvalue weighted by Gasteiger charge is 2.23. The fraction of sp³-hybridized carbons (Fsp3) is 0.409. The molecule has 1 saturated heterocycles. The second-order valence-electron chi connectivity index (χ2n) is 6.93. The summed E-state index contributed by atoms with van der Waals surface area (Å²) in [5, 5.41) is 3.14. The van der Waals surface area contributed by atoms with Gasteiger partial charge in [-0.2, -0.15) is 0 Å². The molecule has 28 heavy (non-hydrogen) atoms. The molecule has 5 nitrogen and oxygen atoms in total. The summed E-state index contributed by atoms with van der Waals surface area (Å²) in [5.74, 6) is 1.21. The summed E-state index contributed by atoms with van der Waals surface area (Å²) in [6, 6.07) is 14.0. The van der Waals surface area contributed by atoms with Crippen molar-refractivity contribution in [3.8, 4) is 11.5 Å². The van der Waals surface area contributed by atoms with E-state index in [-0.39, 0.29) is 17.8 Å². The molecule has 1 aliphatic heterocycles. The van der Waals surface area contributed by atoms with Gasteiger partial charge in [-0.1, -0.05) is 12.1 Å². The quantitative estimate of drug-likeness (QED) is 0.702. The van der Waals surface area contributed by atoms with Gasteiger partial charge >= 0.3 is 0 Å². The van der Waals surface area contributed by atoms with Crippen LogP contribution in [0, 0.1) is 5.82 Å². The Hall–Kier alpha value is -2.76. The molecule has 0 aromatic heterocycles. The van der Waals surface area contributed by atoms with E-state index in [4.69, 9.17) is 9.47 Å². The largest absolute Gasteiger partial charge is 0.495 e. The first-order chi connectivity index (χ1) is 13.7. The average Bonchev–Trinajstić information content (AvgIpc) is 2.72. The maximum absolute atomic E-state index is 12.9. The van der Waals surface area contributed by atoms with Gasteiger partial charge < -0.3 is 19.7 Å². The van der Waals surface area contributed by atoms with Crippen LogP contribution in [0.4, 0.5) is 10.1 Å². The number of ether oxygens (including phenoxy) is 2. The zero-order valence-electron chi connectivity index (χ0n) is 16.2. The van der Waals surface area contributed by atoms with E-state index in [2.05, 4.69) is 16.3 Å². The van der Waals surface area contributed by atoms with Gasteiger partial charge in [-0.05, 0) is 55.7 Å². The number of hydrogen-bond acceptors (Lipinski definition) is 4. The molecule has 0 saturated carbocycles. The van der Waals surface area contributed by atoms with Crippen LogP contribution in [0.3, 0.4) is 0 Å². The number of methoxy groups -OCH3 is 1. The van der Waals surface area contributed by atoms with Gasteiger partial charge in [-0.15, -0.1) is 0 Å². The Morgan fingerprint density at radius 1 is 1.21 bits per heavy atom. The highest BCUT2D eigenvalue weighted by molar-refractivity contribution is 5.76. The fourth-order valence-electron chi connectivity index (χ4n) is 3.46. The van der Waals surface area contributed by atoms with Crippen LogP contribution in [0.5, 0.6) is 11.5 Å². The first kappa shape index (κ1) is 20.0. The number of benzene rings is 2. The number of halogens is 1. The summed E-state index contributed by atoms with van der Waals surface area (Å²) in [7, 11) is 1.68. The van der Waals surface area contributed by atoms with Gasteiger partial charge in [0.25, 0.3) is 0 Å². The highest BCUT2D eigenvalue weighted by atomic mass is 19.1. The molecular weight excluding hydrogens is 359 g/mol. The third kappa shape index (κ3) is 5.62. The minimum Gasteiger partial charge on any atom is -0.495 e. The van der Waals surface area contributed by atoms with Crippen LogP contribution < -0.4 is 19.7 Å². The predicted molar refractivity (Wildman–Crippen MR) is 108 cm³/mol. The van der Waals surface area contributed by atoms with E-state index >= 15 is 0 Å². The minimum absolute atomic E-state index is 0.0367. The SMILES string of the molecule is COc1ccccc1N1CCCC(NC(=O)CCCOc2ccc(F)cc2)C1. The number of amides is 1. The third-order valence-corrected chi connectivity index (χ3v) is 4.84. The van der Waals surface area contributed by atoms with Crippen molar-refractivity contribution in [1.29, 1.82) is 0 Å². The monoisotopic (exact) mass is 386 g/mol. The lowest BCUT2D eigenvalue weighted by Gasteiger charge is -2.35. The molecule has 0 spiro atoms. The van der Waals surface area contributed by atoms with E-state index in [1.807, 2.05) is 18.2 Å². The first-order valence-electron chi connectivity index (χ1n) is 9.71. The molecule has 1 atom stereocenters. The average molecular weight is 386 g/mol. The molecule has 1 unspecified atom stereocenters. The molecule has 1 heterocycles. The summed E-state index contributed by atoms with van der Waals surface area (Å²) in [6.07, 6.45) is 3.03. The summed E-state index contributed by atoms with van der Waals surface area (Å²) in [5.41, 5.74) is 1.07.